The summed E-state index contributed by atoms with van der Waals surface area (Å²) in [7, 11) is 0. The van der Waals surface area contributed by atoms with Gasteiger partial charge in [-0.05, 0) is 74.4 Å². The van der Waals surface area contributed by atoms with Gasteiger partial charge in [0.05, 0.1) is 5.41 Å². The predicted molar refractivity (Wildman–Crippen MR) is 127 cm³/mol. The SMILES string of the molecule is Cc1cccc([C@]2(C3CCN(Cc4ccccc4C)CC3)Cc3ccccc3C2=O)c1. The molecule has 0 unspecified atom stereocenters. The molecule has 3 aromatic carbocycles. The zero-order valence-corrected chi connectivity index (χ0v) is 18.6. The summed E-state index contributed by atoms with van der Waals surface area (Å²) in [5.41, 5.74) is 6.97. The Kier molecular flexibility index (Phi) is 5.27. The first kappa shape index (κ1) is 20.2. The van der Waals surface area contributed by atoms with Crippen molar-refractivity contribution in [3.63, 3.8) is 0 Å². The number of carbonyl (C=O) groups excluding carboxylic acids is 1. The third kappa shape index (κ3) is 3.53. The molecule has 1 aliphatic heterocycles. The highest BCUT2D eigenvalue weighted by Crippen LogP contribution is 2.48. The molecular formula is C29H31NO. The van der Waals surface area contributed by atoms with Crippen LogP contribution < -0.4 is 0 Å². The minimum atomic E-state index is -0.412. The van der Waals surface area contributed by atoms with Crippen LogP contribution in [-0.4, -0.2) is 23.8 Å². The summed E-state index contributed by atoms with van der Waals surface area (Å²) in [6.45, 7) is 7.44. The van der Waals surface area contributed by atoms with Gasteiger partial charge in [0.2, 0.25) is 0 Å². The van der Waals surface area contributed by atoms with Crippen molar-refractivity contribution in [2.75, 3.05) is 13.1 Å². The fourth-order valence-electron chi connectivity index (χ4n) is 5.85. The van der Waals surface area contributed by atoms with Gasteiger partial charge in [-0.3, -0.25) is 9.69 Å². The number of fused-ring (bicyclic) bond motifs is 1. The topological polar surface area (TPSA) is 20.3 Å². The maximum absolute atomic E-state index is 13.9. The van der Waals surface area contributed by atoms with Gasteiger partial charge in [0, 0.05) is 12.1 Å². The minimum Gasteiger partial charge on any atom is -0.299 e. The van der Waals surface area contributed by atoms with Crippen LogP contribution in [0, 0.1) is 19.8 Å². The molecule has 0 radical (unpaired) electrons. The number of benzene rings is 3. The first-order chi connectivity index (χ1) is 15.1. The van der Waals surface area contributed by atoms with Crippen molar-refractivity contribution in [1.29, 1.82) is 0 Å². The van der Waals surface area contributed by atoms with Crippen LogP contribution in [0.25, 0.3) is 0 Å². The molecule has 0 saturated carbocycles. The maximum Gasteiger partial charge on any atom is 0.174 e. The van der Waals surface area contributed by atoms with Crippen molar-refractivity contribution in [3.8, 4) is 0 Å². The lowest BCUT2D eigenvalue weighted by Gasteiger charge is -2.42. The number of ketones is 1. The molecule has 2 heteroatoms. The van der Waals surface area contributed by atoms with Crippen LogP contribution >= 0.6 is 0 Å². The van der Waals surface area contributed by atoms with E-state index in [1.165, 1.54) is 27.8 Å². The molecule has 0 bridgehead atoms. The zero-order valence-electron chi connectivity index (χ0n) is 18.6. The van der Waals surface area contributed by atoms with Crippen molar-refractivity contribution in [1.82, 2.24) is 4.90 Å². The van der Waals surface area contributed by atoms with Gasteiger partial charge in [0.25, 0.3) is 0 Å². The Morgan fingerprint density at radius 1 is 0.903 bits per heavy atom. The molecule has 1 atom stereocenters. The molecular weight excluding hydrogens is 378 g/mol. The van der Waals surface area contributed by atoms with E-state index in [0.29, 0.717) is 11.7 Å². The van der Waals surface area contributed by atoms with Gasteiger partial charge in [-0.2, -0.15) is 0 Å². The van der Waals surface area contributed by atoms with Crippen LogP contribution in [0.15, 0.2) is 72.8 Å². The lowest BCUT2D eigenvalue weighted by atomic mass is 9.64. The van der Waals surface area contributed by atoms with E-state index in [-0.39, 0.29) is 0 Å². The standard InChI is InChI=1S/C29H31NO/c1-21-8-7-12-26(18-21)29(19-23-10-5-6-13-27(23)28(29)31)25-14-16-30(17-15-25)20-24-11-4-3-9-22(24)2/h3-13,18,25H,14-17,19-20H2,1-2H3/t29-/m1/s1. The highest BCUT2D eigenvalue weighted by molar-refractivity contribution is 6.08. The lowest BCUT2D eigenvalue weighted by molar-refractivity contribution is 0.0735. The van der Waals surface area contributed by atoms with Crippen LogP contribution in [0.1, 0.15) is 51.0 Å². The smallest absolute Gasteiger partial charge is 0.174 e. The van der Waals surface area contributed by atoms with Crippen LogP contribution in [0.5, 0.6) is 0 Å². The second-order valence-corrected chi connectivity index (χ2v) is 9.48. The number of carbonyl (C=O) groups is 1. The summed E-state index contributed by atoms with van der Waals surface area (Å²) in [5, 5.41) is 0. The highest BCUT2D eigenvalue weighted by atomic mass is 16.1. The Balaban J connectivity index is 1.43. The van der Waals surface area contributed by atoms with Crippen molar-refractivity contribution >= 4 is 5.78 Å². The van der Waals surface area contributed by atoms with Gasteiger partial charge in [-0.15, -0.1) is 0 Å². The summed E-state index contributed by atoms with van der Waals surface area (Å²) in [6.07, 6.45) is 2.98. The molecule has 1 aliphatic carbocycles. The van der Waals surface area contributed by atoms with E-state index in [1.54, 1.807) is 0 Å². The van der Waals surface area contributed by atoms with Gasteiger partial charge in [0.15, 0.2) is 5.78 Å². The third-order valence-electron chi connectivity index (χ3n) is 7.61. The summed E-state index contributed by atoms with van der Waals surface area (Å²) in [5.74, 6) is 0.716. The van der Waals surface area contributed by atoms with Crippen molar-refractivity contribution in [2.24, 2.45) is 5.92 Å². The van der Waals surface area contributed by atoms with Crippen LogP contribution in [0.3, 0.4) is 0 Å². The van der Waals surface area contributed by atoms with Crippen LogP contribution in [-0.2, 0) is 18.4 Å². The number of hydrogen-bond acceptors (Lipinski definition) is 2. The molecule has 1 heterocycles. The molecule has 2 nitrogen and oxygen atoms in total. The van der Waals surface area contributed by atoms with Crippen molar-refractivity contribution < 1.29 is 4.79 Å². The molecule has 3 aromatic rings. The number of Topliss-reactive ketones (excluding diaryl/α,β-unsaturated/α-hetero) is 1. The van der Waals surface area contributed by atoms with E-state index in [9.17, 15) is 4.79 Å². The Morgan fingerprint density at radius 3 is 2.39 bits per heavy atom. The number of aryl methyl sites for hydroxylation is 2. The molecule has 5 rings (SSSR count). The Labute approximate surface area is 185 Å². The Hall–Kier alpha value is -2.71. The van der Waals surface area contributed by atoms with E-state index in [1.807, 2.05) is 12.1 Å². The zero-order chi connectivity index (χ0) is 21.4. The maximum atomic E-state index is 13.9. The van der Waals surface area contributed by atoms with Crippen LogP contribution in [0.4, 0.5) is 0 Å². The van der Waals surface area contributed by atoms with Gasteiger partial charge < -0.3 is 0 Å². The highest BCUT2D eigenvalue weighted by Gasteiger charge is 2.52. The quantitative estimate of drug-likeness (QED) is 0.535. The van der Waals surface area contributed by atoms with Crippen molar-refractivity contribution in [2.45, 2.75) is 45.1 Å². The molecule has 2 aliphatic rings. The van der Waals surface area contributed by atoms with Gasteiger partial charge in [-0.1, -0.05) is 78.4 Å². The Morgan fingerprint density at radius 2 is 1.65 bits per heavy atom. The first-order valence-electron chi connectivity index (χ1n) is 11.5. The second-order valence-electron chi connectivity index (χ2n) is 9.48. The summed E-state index contributed by atoms with van der Waals surface area (Å²) >= 11 is 0. The van der Waals surface area contributed by atoms with Gasteiger partial charge in [0.1, 0.15) is 0 Å². The van der Waals surface area contributed by atoms with E-state index in [0.717, 1.165) is 44.5 Å². The average molecular weight is 410 g/mol. The monoisotopic (exact) mass is 409 g/mol. The van der Waals surface area contributed by atoms with Crippen LogP contribution in [0.2, 0.25) is 0 Å². The minimum absolute atomic E-state index is 0.339. The number of nitrogens with zero attached hydrogens (tertiary/aromatic N) is 1. The summed E-state index contributed by atoms with van der Waals surface area (Å²) < 4.78 is 0. The molecule has 158 valence electrons. The van der Waals surface area contributed by atoms with Crippen molar-refractivity contribution in [3.05, 3.63) is 106 Å². The molecule has 0 spiro atoms. The van der Waals surface area contributed by atoms with E-state index < -0.39 is 5.41 Å². The largest absolute Gasteiger partial charge is 0.299 e. The van der Waals surface area contributed by atoms with E-state index in [4.69, 9.17) is 0 Å². The normalized spacial score (nSPS) is 21.9. The molecule has 0 amide bonds. The summed E-state index contributed by atoms with van der Waals surface area (Å²) in [4.78, 5) is 16.5. The predicted octanol–water partition coefficient (Wildman–Crippen LogP) is 5.89. The fraction of sp³-hybridized carbons (Fsp3) is 0.345. The number of piperidine rings is 1. The van der Waals surface area contributed by atoms with Gasteiger partial charge in [-0.25, -0.2) is 0 Å². The first-order valence-corrected chi connectivity index (χ1v) is 11.5. The third-order valence-corrected chi connectivity index (χ3v) is 7.61. The van der Waals surface area contributed by atoms with E-state index >= 15 is 0 Å². The average Bonchev–Trinajstić information content (AvgIpc) is 3.09. The molecule has 0 aromatic heterocycles. The number of rotatable bonds is 4. The fourth-order valence-corrected chi connectivity index (χ4v) is 5.85. The molecule has 1 saturated heterocycles. The lowest BCUT2D eigenvalue weighted by Crippen LogP contribution is -2.47. The molecule has 0 N–H and O–H groups in total. The number of likely N-dealkylation sites (tertiary alicyclic amines) is 1. The van der Waals surface area contributed by atoms with E-state index in [2.05, 4.69) is 79.4 Å². The van der Waals surface area contributed by atoms with Gasteiger partial charge >= 0.3 is 0 Å². The Bertz CT molecular complexity index is 1110. The second kappa shape index (κ2) is 8.09. The molecule has 31 heavy (non-hydrogen) atoms. The number of hydrogen-bond donors (Lipinski definition) is 0. The summed E-state index contributed by atoms with van der Waals surface area (Å²) in [6, 6.07) is 25.6. The molecule has 1 fully saturated rings.